The van der Waals surface area contributed by atoms with Crippen LogP contribution in [0, 0.1) is 13.8 Å². The Morgan fingerprint density at radius 3 is 2.65 bits per heavy atom. The number of esters is 1. The number of benzene rings is 1. The number of aromatic nitrogens is 2. The van der Waals surface area contributed by atoms with Crippen molar-refractivity contribution < 1.29 is 14.3 Å². The molecule has 3 aromatic rings. The molecule has 0 amide bonds. The SMILES string of the molecule is CCOC(=O)c1sc2ncn(CCOc3ccc(C)cc3)c(=O)c2c1C. The maximum Gasteiger partial charge on any atom is 0.348 e. The van der Waals surface area contributed by atoms with Gasteiger partial charge < -0.3 is 9.47 Å². The number of fused-ring (bicyclic) bond motifs is 1. The first-order valence-electron chi connectivity index (χ1n) is 8.36. The molecule has 2 heterocycles. The highest BCUT2D eigenvalue weighted by atomic mass is 32.1. The number of aryl methyl sites for hydroxylation is 2. The summed E-state index contributed by atoms with van der Waals surface area (Å²) in [7, 11) is 0. The Morgan fingerprint density at radius 1 is 1.23 bits per heavy atom. The summed E-state index contributed by atoms with van der Waals surface area (Å²) in [4.78, 5) is 30.1. The smallest absolute Gasteiger partial charge is 0.348 e. The quantitative estimate of drug-likeness (QED) is 0.621. The van der Waals surface area contributed by atoms with E-state index in [1.807, 2.05) is 31.2 Å². The number of rotatable bonds is 6. The molecule has 0 radical (unpaired) electrons. The lowest BCUT2D eigenvalue weighted by molar-refractivity contribution is 0.0531. The van der Waals surface area contributed by atoms with Crippen LogP contribution in [0.15, 0.2) is 35.4 Å². The van der Waals surface area contributed by atoms with E-state index in [2.05, 4.69) is 4.98 Å². The van der Waals surface area contributed by atoms with Gasteiger partial charge in [-0.15, -0.1) is 11.3 Å². The van der Waals surface area contributed by atoms with E-state index in [0.29, 0.717) is 40.4 Å². The molecule has 7 heteroatoms. The van der Waals surface area contributed by atoms with E-state index in [1.165, 1.54) is 22.2 Å². The van der Waals surface area contributed by atoms with Crippen molar-refractivity contribution in [3.63, 3.8) is 0 Å². The Balaban J connectivity index is 1.80. The normalized spacial score (nSPS) is 10.9. The third-order valence-electron chi connectivity index (χ3n) is 4.00. The second-order valence-corrected chi connectivity index (χ2v) is 6.86. The summed E-state index contributed by atoms with van der Waals surface area (Å²) < 4.78 is 12.2. The summed E-state index contributed by atoms with van der Waals surface area (Å²) in [5.74, 6) is 0.343. The topological polar surface area (TPSA) is 70.4 Å². The Hall–Kier alpha value is -2.67. The van der Waals surface area contributed by atoms with Crippen LogP contribution in [-0.2, 0) is 11.3 Å². The first-order chi connectivity index (χ1) is 12.5. The minimum Gasteiger partial charge on any atom is -0.492 e. The lowest BCUT2D eigenvalue weighted by Crippen LogP contribution is -2.23. The molecule has 0 unspecified atom stereocenters. The lowest BCUT2D eigenvalue weighted by atomic mass is 10.2. The van der Waals surface area contributed by atoms with Gasteiger partial charge in [-0.25, -0.2) is 9.78 Å². The summed E-state index contributed by atoms with van der Waals surface area (Å²) in [6, 6.07) is 7.74. The zero-order valence-electron chi connectivity index (χ0n) is 14.9. The zero-order valence-corrected chi connectivity index (χ0v) is 15.8. The Bertz CT molecular complexity index is 989. The molecule has 26 heavy (non-hydrogen) atoms. The molecule has 0 bridgehead atoms. The third kappa shape index (κ3) is 3.62. The molecular formula is C19H20N2O4S. The van der Waals surface area contributed by atoms with E-state index in [4.69, 9.17) is 9.47 Å². The molecule has 0 saturated heterocycles. The molecule has 3 rings (SSSR count). The number of carbonyl (C=O) groups is 1. The van der Waals surface area contributed by atoms with Crippen LogP contribution in [0.1, 0.15) is 27.7 Å². The van der Waals surface area contributed by atoms with Gasteiger partial charge in [0.1, 0.15) is 22.1 Å². The van der Waals surface area contributed by atoms with Gasteiger partial charge >= 0.3 is 5.97 Å². The number of thiophene rings is 1. The minimum atomic E-state index is -0.415. The van der Waals surface area contributed by atoms with Gasteiger partial charge in [0, 0.05) is 0 Å². The van der Waals surface area contributed by atoms with Gasteiger partial charge in [0.05, 0.1) is 24.9 Å². The van der Waals surface area contributed by atoms with Crippen molar-refractivity contribution in [1.82, 2.24) is 9.55 Å². The van der Waals surface area contributed by atoms with Gasteiger partial charge in [-0.05, 0) is 38.5 Å². The molecule has 0 spiro atoms. The molecule has 0 N–H and O–H groups in total. The van der Waals surface area contributed by atoms with Crippen molar-refractivity contribution in [1.29, 1.82) is 0 Å². The first kappa shape index (κ1) is 18.1. The van der Waals surface area contributed by atoms with Crippen LogP contribution in [0.4, 0.5) is 0 Å². The molecule has 0 aliphatic rings. The van der Waals surface area contributed by atoms with Gasteiger partial charge in [0.25, 0.3) is 5.56 Å². The molecule has 6 nitrogen and oxygen atoms in total. The summed E-state index contributed by atoms with van der Waals surface area (Å²) in [5, 5.41) is 0.468. The molecule has 2 aromatic heterocycles. The lowest BCUT2D eigenvalue weighted by Gasteiger charge is -2.08. The maximum absolute atomic E-state index is 12.8. The van der Waals surface area contributed by atoms with Crippen molar-refractivity contribution in [2.24, 2.45) is 0 Å². The number of hydrogen-bond donors (Lipinski definition) is 0. The fourth-order valence-electron chi connectivity index (χ4n) is 2.61. The van der Waals surface area contributed by atoms with Gasteiger partial charge in [-0.2, -0.15) is 0 Å². The third-order valence-corrected chi connectivity index (χ3v) is 5.18. The predicted octanol–water partition coefficient (Wildman–Crippen LogP) is 3.33. The van der Waals surface area contributed by atoms with Gasteiger partial charge in [-0.1, -0.05) is 17.7 Å². The second-order valence-electron chi connectivity index (χ2n) is 5.86. The summed E-state index contributed by atoms with van der Waals surface area (Å²) >= 11 is 1.19. The molecule has 136 valence electrons. The van der Waals surface area contributed by atoms with E-state index in [-0.39, 0.29) is 5.56 Å². The number of hydrogen-bond acceptors (Lipinski definition) is 6. The highest BCUT2D eigenvalue weighted by molar-refractivity contribution is 7.20. The summed E-state index contributed by atoms with van der Waals surface area (Å²) in [6.45, 7) is 6.53. The molecular weight excluding hydrogens is 352 g/mol. The standard InChI is InChI=1S/C19H20N2O4S/c1-4-24-19(23)16-13(3)15-17(26-16)20-11-21(18(15)22)9-10-25-14-7-5-12(2)6-8-14/h5-8,11H,4,9-10H2,1-3H3. The number of carbonyl (C=O) groups excluding carboxylic acids is 1. The first-order valence-corrected chi connectivity index (χ1v) is 9.18. The minimum absolute atomic E-state index is 0.174. The highest BCUT2D eigenvalue weighted by Gasteiger charge is 2.20. The molecule has 0 fully saturated rings. The van der Waals surface area contributed by atoms with Crippen LogP contribution >= 0.6 is 11.3 Å². The van der Waals surface area contributed by atoms with E-state index in [9.17, 15) is 9.59 Å². The average molecular weight is 372 g/mol. The van der Waals surface area contributed by atoms with Crippen molar-refractivity contribution in [3.05, 3.63) is 57.0 Å². The Labute approximate surface area is 155 Å². The maximum atomic E-state index is 12.8. The summed E-state index contributed by atoms with van der Waals surface area (Å²) in [5.41, 5.74) is 1.61. The number of nitrogens with zero attached hydrogens (tertiary/aromatic N) is 2. The second kappa shape index (κ2) is 7.70. The zero-order chi connectivity index (χ0) is 18.7. The van der Waals surface area contributed by atoms with Crippen molar-refractivity contribution in [3.8, 4) is 5.75 Å². The fourth-order valence-corrected chi connectivity index (χ4v) is 3.64. The van der Waals surface area contributed by atoms with Crippen molar-refractivity contribution in [2.75, 3.05) is 13.2 Å². The van der Waals surface area contributed by atoms with Crippen LogP contribution in [0.2, 0.25) is 0 Å². The Kier molecular flexibility index (Phi) is 5.37. The molecule has 0 aliphatic carbocycles. The van der Waals surface area contributed by atoms with E-state index < -0.39 is 5.97 Å². The molecule has 1 aromatic carbocycles. The molecule has 0 atom stereocenters. The van der Waals surface area contributed by atoms with Crippen LogP contribution in [-0.4, -0.2) is 28.7 Å². The van der Waals surface area contributed by atoms with Crippen LogP contribution < -0.4 is 10.3 Å². The Morgan fingerprint density at radius 2 is 1.96 bits per heavy atom. The molecule has 0 aliphatic heterocycles. The highest BCUT2D eigenvalue weighted by Crippen LogP contribution is 2.27. The van der Waals surface area contributed by atoms with Crippen LogP contribution in [0.3, 0.4) is 0 Å². The van der Waals surface area contributed by atoms with Crippen molar-refractivity contribution >= 4 is 27.5 Å². The average Bonchev–Trinajstić information content (AvgIpc) is 2.96. The van der Waals surface area contributed by atoms with Gasteiger partial charge in [-0.3, -0.25) is 9.36 Å². The van der Waals surface area contributed by atoms with E-state index in [1.54, 1.807) is 13.8 Å². The van der Waals surface area contributed by atoms with Crippen LogP contribution in [0.25, 0.3) is 10.2 Å². The monoisotopic (exact) mass is 372 g/mol. The van der Waals surface area contributed by atoms with E-state index in [0.717, 1.165) is 11.3 Å². The van der Waals surface area contributed by atoms with Gasteiger partial charge in [0.15, 0.2) is 0 Å². The largest absolute Gasteiger partial charge is 0.492 e. The predicted molar refractivity (Wildman–Crippen MR) is 101 cm³/mol. The van der Waals surface area contributed by atoms with Gasteiger partial charge in [0.2, 0.25) is 0 Å². The molecule has 0 saturated carbocycles. The number of ether oxygens (including phenoxy) is 2. The summed E-state index contributed by atoms with van der Waals surface area (Å²) in [6.07, 6.45) is 1.49. The fraction of sp³-hybridized carbons (Fsp3) is 0.316. The van der Waals surface area contributed by atoms with Crippen molar-refractivity contribution in [2.45, 2.75) is 27.3 Å². The van der Waals surface area contributed by atoms with E-state index >= 15 is 0 Å². The van der Waals surface area contributed by atoms with Crippen LogP contribution in [0.5, 0.6) is 5.75 Å².